The zero-order chi connectivity index (χ0) is 17.6. The maximum absolute atomic E-state index is 13.4. The van der Waals surface area contributed by atoms with E-state index in [1.54, 1.807) is 12.1 Å². The van der Waals surface area contributed by atoms with Gasteiger partial charge in [0.05, 0.1) is 6.04 Å². The monoisotopic (exact) mass is 360 g/mol. The topological polar surface area (TPSA) is 51.0 Å². The molecule has 4 rings (SSSR count). The van der Waals surface area contributed by atoms with Crippen LogP contribution < -0.4 is 0 Å². The number of hydrogen-bond donors (Lipinski definition) is 0. The third-order valence-corrected chi connectivity index (χ3v) is 6.19. The first kappa shape index (κ1) is 16.7. The first-order valence-corrected chi connectivity index (χ1v) is 9.51. The smallest absolute Gasteiger partial charge is 0.264 e. The minimum Gasteiger partial charge on any atom is -0.294 e. The summed E-state index contributed by atoms with van der Waals surface area (Å²) in [6.45, 7) is 6.38. The lowest BCUT2D eigenvalue weighted by atomic mass is 9.89. The molecule has 132 valence electrons. The summed E-state index contributed by atoms with van der Waals surface area (Å²) in [5.41, 5.74) is 0.972. The number of carbonyl (C=O) groups is 1. The van der Waals surface area contributed by atoms with Crippen molar-refractivity contribution in [2.75, 3.05) is 13.1 Å². The van der Waals surface area contributed by atoms with E-state index in [2.05, 4.69) is 28.8 Å². The zero-order valence-corrected chi connectivity index (χ0v) is 15.1. The largest absolute Gasteiger partial charge is 0.294 e. The Morgan fingerprint density at radius 1 is 1.20 bits per heavy atom. The van der Waals surface area contributed by atoms with Crippen molar-refractivity contribution in [3.05, 3.63) is 42.0 Å². The van der Waals surface area contributed by atoms with Crippen molar-refractivity contribution in [2.24, 2.45) is 11.8 Å². The fourth-order valence-corrected chi connectivity index (χ4v) is 5.35. The molecule has 0 N–H and O–H groups in total. The van der Waals surface area contributed by atoms with E-state index >= 15 is 0 Å². The Morgan fingerprint density at radius 3 is 2.52 bits per heavy atom. The second-order valence-electron chi connectivity index (χ2n) is 7.23. The standard InChI is InChI=1S/C18H21FN4OS/c1-11-7-12(2)9-22(8-11)15(13-3-5-14(19)6-4-13)16-17(24)23-18(25-16)20-10-21-23/h3-6,10-12,15-16H,7-9H2,1-2H3. The molecule has 1 aromatic carbocycles. The van der Waals surface area contributed by atoms with E-state index in [0.29, 0.717) is 17.0 Å². The fraction of sp³-hybridized carbons (Fsp3) is 0.500. The first-order valence-electron chi connectivity index (χ1n) is 8.63. The molecular formula is C18H21FN4OS. The number of halogens is 1. The highest BCUT2D eigenvalue weighted by Gasteiger charge is 2.43. The normalized spacial score (nSPS) is 28.1. The Labute approximate surface area is 150 Å². The average Bonchev–Trinajstić information content (AvgIpc) is 3.13. The van der Waals surface area contributed by atoms with Crippen LogP contribution in [-0.4, -0.2) is 43.9 Å². The minimum atomic E-state index is -0.306. The molecule has 7 heteroatoms. The van der Waals surface area contributed by atoms with Crippen LogP contribution in [0.2, 0.25) is 0 Å². The lowest BCUT2D eigenvalue weighted by Crippen LogP contribution is -2.46. The van der Waals surface area contributed by atoms with E-state index in [-0.39, 0.29) is 23.0 Å². The van der Waals surface area contributed by atoms with Crippen molar-refractivity contribution in [3.8, 4) is 0 Å². The highest BCUT2D eigenvalue weighted by Crippen LogP contribution is 2.42. The molecule has 4 unspecified atom stereocenters. The number of carbonyl (C=O) groups excluding carboxylic acids is 1. The van der Waals surface area contributed by atoms with Crippen molar-refractivity contribution in [1.82, 2.24) is 19.7 Å². The van der Waals surface area contributed by atoms with Crippen molar-refractivity contribution in [1.29, 1.82) is 0 Å². The number of fused-ring (bicyclic) bond motifs is 1. The number of benzene rings is 1. The lowest BCUT2D eigenvalue weighted by molar-refractivity contribution is 0.0713. The van der Waals surface area contributed by atoms with Crippen LogP contribution in [0.4, 0.5) is 4.39 Å². The predicted octanol–water partition coefficient (Wildman–Crippen LogP) is 3.25. The highest BCUT2D eigenvalue weighted by atomic mass is 32.2. The predicted molar refractivity (Wildman–Crippen MR) is 94.0 cm³/mol. The molecule has 2 aromatic rings. The molecule has 2 aliphatic rings. The molecule has 3 heterocycles. The second kappa shape index (κ2) is 6.53. The van der Waals surface area contributed by atoms with Gasteiger partial charge in [0.15, 0.2) is 5.16 Å². The number of rotatable bonds is 3. The summed E-state index contributed by atoms with van der Waals surface area (Å²) in [5, 5.41) is 4.38. The number of hydrogen-bond acceptors (Lipinski definition) is 5. The highest BCUT2D eigenvalue weighted by molar-refractivity contribution is 8.00. The van der Waals surface area contributed by atoms with Crippen molar-refractivity contribution in [3.63, 3.8) is 0 Å². The maximum atomic E-state index is 13.4. The molecule has 0 amide bonds. The van der Waals surface area contributed by atoms with E-state index in [0.717, 1.165) is 18.7 Å². The first-order chi connectivity index (χ1) is 12.0. The van der Waals surface area contributed by atoms with E-state index in [1.807, 2.05) is 0 Å². The van der Waals surface area contributed by atoms with Gasteiger partial charge < -0.3 is 0 Å². The summed E-state index contributed by atoms with van der Waals surface area (Å²) in [6.07, 6.45) is 2.61. The van der Waals surface area contributed by atoms with Gasteiger partial charge in [-0.2, -0.15) is 9.78 Å². The van der Waals surface area contributed by atoms with Gasteiger partial charge in [0, 0.05) is 13.1 Å². The molecule has 1 saturated heterocycles. The number of nitrogens with zero attached hydrogens (tertiary/aromatic N) is 4. The summed E-state index contributed by atoms with van der Waals surface area (Å²) >= 11 is 1.46. The van der Waals surface area contributed by atoms with Crippen molar-refractivity contribution >= 4 is 17.7 Å². The molecule has 1 aromatic heterocycles. The lowest BCUT2D eigenvalue weighted by Gasteiger charge is -2.41. The van der Waals surface area contributed by atoms with Gasteiger partial charge in [-0.1, -0.05) is 37.7 Å². The van der Waals surface area contributed by atoms with Crippen LogP contribution in [0, 0.1) is 17.7 Å². The molecule has 0 bridgehead atoms. The number of likely N-dealkylation sites (tertiary alicyclic amines) is 1. The van der Waals surface area contributed by atoms with Crippen LogP contribution in [-0.2, 0) is 0 Å². The van der Waals surface area contributed by atoms with Gasteiger partial charge in [0.2, 0.25) is 0 Å². The Kier molecular flexibility index (Phi) is 4.37. The van der Waals surface area contributed by atoms with Gasteiger partial charge in [0.1, 0.15) is 17.4 Å². The van der Waals surface area contributed by atoms with Crippen LogP contribution in [0.25, 0.3) is 0 Å². The maximum Gasteiger partial charge on any atom is 0.264 e. The molecular weight excluding hydrogens is 339 g/mol. The molecule has 0 spiro atoms. The van der Waals surface area contributed by atoms with Gasteiger partial charge >= 0.3 is 0 Å². The zero-order valence-electron chi connectivity index (χ0n) is 14.3. The Hall–Kier alpha value is -1.73. The quantitative estimate of drug-likeness (QED) is 0.841. The molecule has 4 atom stereocenters. The summed E-state index contributed by atoms with van der Waals surface area (Å²) in [5.74, 6) is 0.840. The molecule has 25 heavy (non-hydrogen) atoms. The number of thioether (sulfide) groups is 1. The summed E-state index contributed by atoms with van der Waals surface area (Å²) < 4.78 is 14.8. The van der Waals surface area contributed by atoms with Crippen LogP contribution in [0.1, 0.15) is 36.7 Å². The van der Waals surface area contributed by atoms with Gasteiger partial charge in [0.25, 0.3) is 5.91 Å². The second-order valence-corrected chi connectivity index (χ2v) is 8.34. The third kappa shape index (κ3) is 3.11. The van der Waals surface area contributed by atoms with Crippen LogP contribution in [0.15, 0.2) is 35.7 Å². The summed E-state index contributed by atoms with van der Waals surface area (Å²) in [4.78, 5) is 19.4. The van der Waals surface area contributed by atoms with E-state index in [4.69, 9.17) is 0 Å². The van der Waals surface area contributed by atoms with Crippen molar-refractivity contribution < 1.29 is 9.18 Å². The number of aromatic nitrogens is 3. The summed E-state index contributed by atoms with van der Waals surface area (Å²) in [7, 11) is 0. The van der Waals surface area contributed by atoms with Gasteiger partial charge in [-0.15, -0.1) is 0 Å². The number of piperidine rings is 1. The SMILES string of the molecule is CC1CC(C)CN(C(c2ccc(F)cc2)C2Sc3ncnn3C2=O)C1. The molecule has 2 aliphatic heterocycles. The van der Waals surface area contributed by atoms with Gasteiger partial charge in [-0.3, -0.25) is 9.69 Å². The van der Waals surface area contributed by atoms with E-state index < -0.39 is 0 Å². The van der Waals surface area contributed by atoms with E-state index in [9.17, 15) is 9.18 Å². The molecule has 1 fully saturated rings. The fourth-order valence-electron chi connectivity index (χ4n) is 4.12. The van der Waals surface area contributed by atoms with Gasteiger partial charge in [-0.05, 0) is 36.0 Å². The Morgan fingerprint density at radius 2 is 1.88 bits per heavy atom. The van der Waals surface area contributed by atoms with Gasteiger partial charge in [-0.25, -0.2) is 9.37 Å². The van der Waals surface area contributed by atoms with Crippen LogP contribution >= 0.6 is 11.8 Å². The molecule has 0 saturated carbocycles. The third-order valence-electron chi connectivity index (χ3n) is 4.99. The Bertz CT molecular complexity index is 768. The van der Waals surface area contributed by atoms with Crippen LogP contribution in [0.3, 0.4) is 0 Å². The Balaban J connectivity index is 1.70. The minimum absolute atomic E-state index is 0.0438. The summed E-state index contributed by atoms with van der Waals surface area (Å²) in [6, 6.07) is 6.44. The molecule has 0 aliphatic carbocycles. The molecule has 5 nitrogen and oxygen atoms in total. The van der Waals surface area contributed by atoms with E-state index in [1.165, 1.54) is 41.3 Å². The van der Waals surface area contributed by atoms with Crippen LogP contribution in [0.5, 0.6) is 0 Å². The average molecular weight is 360 g/mol. The molecule has 0 radical (unpaired) electrons. The van der Waals surface area contributed by atoms with Crippen molar-refractivity contribution in [2.45, 2.75) is 36.7 Å².